The minimum Gasteiger partial charge on any atom is -0.352 e. The van der Waals surface area contributed by atoms with Crippen LogP contribution in [0.3, 0.4) is 0 Å². The molecule has 1 heterocycles. The minimum absolute atomic E-state index is 0.121. The van der Waals surface area contributed by atoms with Gasteiger partial charge in [0.2, 0.25) is 5.91 Å². The second kappa shape index (κ2) is 8.55. The number of benzene rings is 1. The van der Waals surface area contributed by atoms with Gasteiger partial charge in [0, 0.05) is 6.04 Å². The van der Waals surface area contributed by atoms with Crippen LogP contribution in [-0.2, 0) is 16.0 Å². The van der Waals surface area contributed by atoms with E-state index in [1.54, 1.807) is 0 Å². The summed E-state index contributed by atoms with van der Waals surface area (Å²) in [5, 5.41) is 5.73. The fourth-order valence-corrected chi connectivity index (χ4v) is 4.06. The highest BCUT2D eigenvalue weighted by Crippen LogP contribution is 2.29. The van der Waals surface area contributed by atoms with Crippen molar-refractivity contribution in [2.45, 2.75) is 58.0 Å². The topological polar surface area (TPSA) is 78.5 Å². The van der Waals surface area contributed by atoms with Gasteiger partial charge < -0.3 is 10.6 Å². The Hall–Kier alpha value is -2.37. The molecular weight excluding hydrogens is 342 g/mol. The summed E-state index contributed by atoms with van der Waals surface area (Å²) in [6, 6.07) is 8.94. The van der Waals surface area contributed by atoms with Crippen LogP contribution in [0, 0.1) is 11.8 Å². The van der Waals surface area contributed by atoms with Crippen LogP contribution in [0.1, 0.15) is 45.1 Å². The molecule has 2 N–H and O–H groups in total. The Kier molecular flexibility index (Phi) is 6.14. The molecule has 4 atom stereocenters. The Morgan fingerprint density at radius 1 is 1.19 bits per heavy atom. The molecule has 0 radical (unpaired) electrons. The molecule has 1 saturated heterocycles. The standard InChI is InChI=1S/C21H29N3O3/c1-14-7-6-10-17(15(14)2)22-19(25)13-24-20(26)18(23-21(24)27)12-11-16-8-4-3-5-9-16/h3-5,8-9,14-15,17-18H,6-7,10-13H2,1-2H3,(H,22,25)(H,23,27)/t14-,15-,17+,18+/m1/s1. The number of amides is 4. The summed E-state index contributed by atoms with van der Waals surface area (Å²) < 4.78 is 0. The van der Waals surface area contributed by atoms with Gasteiger partial charge >= 0.3 is 6.03 Å². The second-order valence-electron chi connectivity index (χ2n) is 7.89. The number of carbonyl (C=O) groups is 3. The van der Waals surface area contributed by atoms with E-state index in [4.69, 9.17) is 0 Å². The van der Waals surface area contributed by atoms with E-state index >= 15 is 0 Å². The van der Waals surface area contributed by atoms with Gasteiger partial charge in [0.1, 0.15) is 12.6 Å². The average molecular weight is 371 g/mol. The predicted molar refractivity (Wildman–Crippen MR) is 103 cm³/mol. The summed E-state index contributed by atoms with van der Waals surface area (Å²) in [4.78, 5) is 38.2. The summed E-state index contributed by atoms with van der Waals surface area (Å²) in [5.41, 5.74) is 1.12. The number of carbonyl (C=O) groups excluding carboxylic acids is 3. The van der Waals surface area contributed by atoms with Crippen LogP contribution in [0.15, 0.2) is 30.3 Å². The molecular formula is C21H29N3O3. The van der Waals surface area contributed by atoms with Gasteiger partial charge in [-0.2, -0.15) is 0 Å². The molecule has 0 unspecified atom stereocenters. The van der Waals surface area contributed by atoms with E-state index in [0.29, 0.717) is 24.7 Å². The third-order valence-corrected chi connectivity index (χ3v) is 6.03. The van der Waals surface area contributed by atoms with E-state index in [-0.39, 0.29) is 24.4 Å². The number of rotatable bonds is 6. The van der Waals surface area contributed by atoms with Crippen LogP contribution in [0.25, 0.3) is 0 Å². The van der Waals surface area contributed by atoms with Gasteiger partial charge in [-0.05, 0) is 36.7 Å². The van der Waals surface area contributed by atoms with Gasteiger partial charge in [0.05, 0.1) is 0 Å². The molecule has 0 bridgehead atoms. The zero-order valence-corrected chi connectivity index (χ0v) is 16.1. The molecule has 4 amide bonds. The number of nitrogens with one attached hydrogen (secondary N) is 2. The monoisotopic (exact) mass is 371 g/mol. The highest BCUT2D eigenvalue weighted by molar-refractivity contribution is 6.06. The zero-order valence-electron chi connectivity index (χ0n) is 16.1. The summed E-state index contributed by atoms with van der Waals surface area (Å²) >= 11 is 0. The minimum atomic E-state index is -0.556. The van der Waals surface area contributed by atoms with Crippen molar-refractivity contribution in [3.63, 3.8) is 0 Å². The third kappa shape index (κ3) is 4.67. The van der Waals surface area contributed by atoms with E-state index in [9.17, 15) is 14.4 Å². The van der Waals surface area contributed by atoms with Crippen LogP contribution < -0.4 is 10.6 Å². The molecule has 0 spiro atoms. The van der Waals surface area contributed by atoms with Gasteiger partial charge in [-0.25, -0.2) is 4.79 Å². The van der Waals surface area contributed by atoms with E-state index in [0.717, 1.165) is 23.3 Å². The number of hydrogen-bond acceptors (Lipinski definition) is 3. The van der Waals surface area contributed by atoms with Crippen molar-refractivity contribution in [3.8, 4) is 0 Å². The quantitative estimate of drug-likeness (QED) is 0.754. The summed E-state index contributed by atoms with van der Waals surface area (Å²) in [6.45, 7) is 4.16. The van der Waals surface area contributed by atoms with Gasteiger partial charge in [-0.15, -0.1) is 0 Å². The van der Waals surface area contributed by atoms with E-state index < -0.39 is 12.1 Å². The van der Waals surface area contributed by atoms with Crippen molar-refractivity contribution in [3.05, 3.63) is 35.9 Å². The highest BCUT2D eigenvalue weighted by Gasteiger charge is 2.39. The Labute approximate surface area is 160 Å². The molecule has 1 aromatic rings. The van der Waals surface area contributed by atoms with Crippen LogP contribution in [-0.4, -0.2) is 41.4 Å². The SMILES string of the molecule is C[C@@H]1[C@H](C)CCC[C@@H]1NC(=O)CN1C(=O)N[C@@H](CCc2ccccc2)C1=O. The maximum absolute atomic E-state index is 12.5. The largest absolute Gasteiger partial charge is 0.352 e. The lowest BCUT2D eigenvalue weighted by Crippen LogP contribution is -2.48. The van der Waals surface area contributed by atoms with E-state index in [1.165, 1.54) is 6.42 Å². The Morgan fingerprint density at radius 2 is 1.93 bits per heavy atom. The van der Waals surface area contributed by atoms with Gasteiger partial charge in [0.15, 0.2) is 0 Å². The normalized spacial score (nSPS) is 28.1. The summed E-state index contributed by atoms with van der Waals surface area (Å²) in [5.74, 6) is 0.414. The Balaban J connectivity index is 1.51. The lowest BCUT2D eigenvalue weighted by atomic mass is 9.78. The third-order valence-electron chi connectivity index (χ3n) is 6.03. The number of imide groups is 1. The van der Waals surface area contributed by atoms with Crippen LogP contribution in [0.4, 0.5) is 4.79 Å². The number of nitrogens with zero attached hydrogens (tertiary/aromatic N) is 1. The first-order valence-electron chi connectivity index (χ1n) is 9.91. The Morgan fingerprint density at radius 3 is 2.67 bits per heavy atom. The Bertz CT molecular complexity index is 691. The molecule has 27 heavy (non-hydrogen) atoms. The number of aryl methyl sites for hydroxylation is 1. The molecule has 0 aromatic heterocycles. The van der Waals surface area contributed by atoms with Crippen molar-refractivity contribution in [2.75, 3.05) is 6.54 Å². The van der Waals surface area contributed by atoms with Crippen LogP contribution in [0.2, 0.25) is 0 Å². The first kappa shape index (κ1) is 19.4. The van der Waals surface area contributed by atoms with Gasteiger partial charge in [0.25, 0.3) is 5.91 Å². The lowest BCUT2D eigenvalue weighted by molar-refractivity contribution is -0.132. The van der Waals surface area contributed by atoms with Crippen molar-refractivity contribution >= 4 is 17.8 Å². The zero-order chi connectivity index (χ0) is 19.4. The lowest BCUT2D eigenvalue weighted by Gasteiger charge is -2.34. The van der Waals surface area contributed by atoms with Crippen molar-refractivity contribution < 1.29 is 14.4 Å². The fraction of sp³-hybridized carbons (Fsp3) is 0.571. The summed E-state index contributed by atoms with van der Waals surface area (Å²) in [6.07, 6.45) is 4.47. The van der Waals surface area contributed by atoms with E-state index in [2.05, 4.69) is 24.5 Å². The van der Waals surface area contributed by atoms with Crippen molar-refractivity contribution in [2.24, 2.45) is 11.8 Å². The van der Waals surface area contributed by atoms with Gasteiger partial charge in [-0.3, -0.25) is 14.5 Å². The molecule has 1 aliphatic carbocycles. The number of hydrogen-bond donors (Lipinski definition) is 2. The fourth-order valence-electron chi connectivity index (χ4n) is 4.06. The molecule has 3 rings (SSSR count). The van der Waals surface area contributed by atoms with Crippen molar-refractivity contribution in [1.82, 2.24) is 15.5 Å². The molecule has 6 nitrogen and oxygen atoms in total. The van der Waals surface area contributed by atoms with Gasteiger partial charge in [-0.1, -0.05) is 57.0 Å². The molecule has 2 aliphatic rings. The molecule has 6 heteroatoms. The molecule has 2 fully saturated rings. The second-order valence-corrected chi connectivity index (χ2v) is 7.89. The number of urea groups is 1. The van der Waals surface area contributed by atoms with Crippen LogP contribution >= 0.6 is 0 Å². The first-order valence-corrected chi connectivity index (χ1v) is 9.91. The maximum atomic E-state index is 12.5. The average Bonchev–Trinajstić information content (AvgIpc) is 2.92. The van der Waals surface area contributed by atoms with Crippen molar-refractivity contribution in [1.29, 1.82) is 0 Å². The maximum Gasteiger partial charge on any atom is 0.325 e. The molecule has 146 valence electrons. The molecule has 1 aliphatic heterocycles. The molecule has 1 saturated carbocycles. The molecule has 1 aromatic carbocycles. The first-order chi connectivity index (χ1) is 13.0. The predicted octanol–water partition coefficient (Wildman–Crippen LogP) is 2.48. The van der Waals surface area contributed by atoms with Crippen LogP contribution in [0.5, 0.6) is 0 Å². The smallest absolute Gasteiger partial charge is 0.325 e. The highest BCUT2D eigenvalue weighted by atomic mass is 16.2. The summed E-state index contributed by atoms with van der Waals surface area (Å²) in [7, 11) is 0. The van der Waals surface area contributed by atoms with E-state index in [1.807, 2.05) is 30.3 Å².